The zero-order valence-corrected chi connectivity index (χ0v) is 9.82. The van der Waals surface area contributed by atoms with Gasteiger partial charge < -0.3 is 9.47 Å². The van der Waals surface area contributed by atoms with E-state index in [2.05, 4.69) is 22.5 Å². The van der Waals surface area contributed by atoms with Gasteiger partial charge in [0, 0.05) is 13.2 Å². The average Bonchev–Trinajstić information content (AvgIpc) is 1.89. The number of halogens is 1. The van der Waals surface area contributed by atoms with Gasteiger partial charge in [-0.3, -0.25) is 0 Å². The summed E-state index contributed by atoms with van der Waals surface area (Å²) >= 11 is 3.42. The summed E-state index contributed by atoms with van der Waals surface area (Å²) in [5, 5.41) is 0. The molecular weight excluding hydrogens is 212 g/mol. The summed E-state index contributed by atoms with van der Waals surface area (Å²) in [5.74, 6) is 0. The van der Waals surface area contributed by atoms with Crippen LogP contribution in [-0.4, -0.2) is 27.1 Å². The Bertz CT molecular complexity index is 83.8. The molecule has 0 atom stereocenters. The fourth-order valence-corrected chi connectivity index (χ4v) is 1.95. The van der Waals surface area contributed by atoms with Crippen molar-refractivity contribution in [1.82, 2.24) is 0 Å². The molecule has 0 bridgehead atoms. The van der Waals surface area contributed by atoms with Crippen LogP contribution in [0.2, 0.25) is 6.55 Å². The van der Waals surface area contributed by atoms with Gasteiger partial charge in [0.1, 0.15) is 9.52 Å². The summed E-state index contributed by atoms with van der Waals surface area (Å²) in [7, 11) is -0.318. The molecule has 0 radical (unpaired) electrons. The first kappa shape index (κ1) is 10.6. The molecule has 0 rings (SSSR count). The predicted octanol–water partition coefficient (Wildman–Crippen LogP) is 1.28. The lowest BCUT2D eigenvalue weighted by molar-refractivity contribution is -0.104. The van der Waals surface area contributed by atoms with Crippen LogP contribution in [0.3, 0.4) is 0 Å². The van der Waals surface area contributed by atoms with E-state index >= 15 is 0 Å². The summed E-state index contributed by atoms with van der Waals surface area (Å²) in [6.07, 6.45) is 0. The van der Waals surface area contributed by atoms with Gasteiger partial charge in [-0.2, -0.15) is 0 Å². The second-order valence-corrected chi connectivity index (χ2v) is 5.76. The number of hydrogen-bond acceptors (Lipinski definition) is 2. The standard InChI is InChI=1S/C6H15BrO2Si/c1-4-8-6(7,10-3)9-5-2/h4-5,10H2,1-3H3. The molecule has 0 saturated carbocycles. The highest BCUT2D eigenvalue weighted by molar-refractivity contribution is 9.10. The first-order valence-corrected chi connectivity index (χ1v) is 6.56. The minimum Gasteiger partial charge on any atom is -0.345 e. The van der Waals surface area contributed by atoms with Crippen LogP contribution in [0.1, 0.15) is 13.8 Å². The third-order valence-corrected chi connectivity index (χ3v) is 4.53. The van der Waals surface area contributed by atoms with E-state index in [1.807, 2.05) is 13.8 Å². The van der Waals surface area contributed by atoms with Crippen LogP contribution in [-0.2, 0) is 9.47 Å². The maximum atomic E-state index is 5.38. The van der Waals surface area contributed by atoms with Crippen molar-refractivity contribution in [3.63, 3.8) is 0 Å². The maximum Gasteiger partial charge on any atom is 0.198 e. The Labute approximate surface area is 73.2 Å². The Kier molecular flexibility index (Phi) is 5.62. The van der Waals surface area contributed by atoms with Gasteiger partial charge in [-0.25, -0.2) is 0 Å². The molecule has 10 heavy (non-hydrogen) atoms. The highest BCUT2D eigenvalue weighted by Crippen LogP contribution is 2.19. The average molecular weight is 227 g/mol. The molecule has 0 aromatic rings. The molecule has 2 nitrogen and oxygen atoms in total. The Balaban J connectivity index is 3.69. The predicted molar refractivity (Wildman–Crippen MR) is 49.3 cm³/mol. The van der Waals surface area contributed by atoms with Gasteiger partial charge in [0.25, 0.3) is 0 Å². The highest BCUT2D eigenvalue weighted by atomic mass is 79.9. The molecule has 0 aliphatic rings. The van der Waals surface area contributed by atoms with E-state index in [1.165, 1.54) is 0 Å². The van der Waals surface area contributed by atoms with Crippen LogP contribution >= 0.6 is 15.9 Å². The van der Waals surface area contributed by atoms with Crippen molar-refractivity contribution in [1.29, 1.82) is 0 Å². The molecule has 0 fully saturated rings. The molecule has 62 valence electrons. The van der Waals surface area contributed by atoms with Gasteiger partial charge in [-0.1, -0.05) is 6.55 Å². The molecule has 0 aliphatic heterocycles. The molecule has 0 aromatic heterocycles. The molecule has 4 heteroatoms. The van der Waals surface area contributed by atoms with E-state index in [1.54, 1.807) is 0 Å². The molecular formula is C6H15BrO2Si. The minimum atomic E-state index is -0.406. The maximum absolute atomic E-state index is 5.38. The second-order valence-electron chi connectivity index (χ2n) is 1.88. The molecule has 0 aromatic carbocycles. The summed E-state index contributed by atoms with van der Waals surface area (Å²) in [6, 6.07) is 0. The van der Waals surface area contributed by atoms with Crippen molar-refractivity contribution >= 4 is 25.4 Å². The van der Waals surface area contributed by atoms with Gasteiger partial charge in [0.15, 0.2) is 4.32 Å². The van der Waals surface area contributed by atoms with Crippen molar-refractivity contribution < 1.29 is 9.47 Å². The summed E-state index contributed by atoms with van der Waals surface area (Å²) in [4.78, 5) is 0. The van der Waals surface area contributed by atoms with Crippen LogP contribution in [0.15, 0.2) is 0 Å². The lowest BCUT2D eigenvalue weighted by Crippen LogP contribution is -2.34. The molecule has 0 aliphatic carbocycles. The Morgan fingerprint density at radius 3 is 1.90 bits per heavy atom. The van der Waals surface area contributed by atoms with E-state index in [-0.39, 0.29) is 9.52 Å². The van der Waals surface area contributed by atoms with Gasteiger partial charge in [0.05, 0.1) is 0 Å². The highest BCUT2D eigenvalue weighted by Gasteiger charge is 2.24. The number of alkyl halides is 1. The quantitative estimate of drug-likeness (QED) is 0.400. The first-order chi connectivity index (χ1) is 4.68. The van der Waals surface area contributed by atoms with Gasteiger partial charge >= 0.3 is 0 Å². The summed E-state index contributed by atoms with van der Waals surface area (Å²) in [5.41, 5.74) is 0. The van der Waals surface area contributed by atoms with Crippen LogP contribution < -0.4 is 0 Å². The number of hydrogen-bond donors (Lipinski definition) is 0. The van der Waals surface area contributed by atoms with Crippen molar-refractivity contribution in [3.8, 4) is 0 Å². The zero-order chi connectivity index (χ0) is 8.04. The van der Waals surface area contributed by atoms with E-state index in [0.717, 1.165) is 0 Å². The van der Waals surface area contributed by atoms with E-state index < -0.39 is 4.32 Å². The third-order valence-electron chi connectivity index (χ3n) is 1.14. The topological polar surface area (TPSA) is 18.5 Å². The first-order valence-electron chi connectivity index (χ1n) is 3.65. The van der Waals surface area contributed by atoms with Crippen molar-refractivity contribution in [2.45, 2.75) is 24.7 Å². The Hall–Kier alpha value is 0.617. The largest absolute Gasteiger partial charge is 0.345 e. The van der Waals surface area contributed by atoms with Crippen molar-refractivity contribution in [2.75, 3.05) is 13.2 Å². The lowest BCUT2D eigenvalue weighted by atomic mass is 10.8. The third kappa shape index (κ3) is 3.70. The van der Waals surface area contributed by atoms with Gasteiger partial charge in [-0.05, 0) is 29.8 Å². The van der Waals surface area contributed by atoms with E-state index in [9.17, 15) is 0 Å². The van der Waals surface area contributed by atoms with E-state index in [0.29, 0.717) is 13.2 Å². The fourth-order valence-electron chi connectivity index (χ4n) is 0.677. The lowest BCUT2D eigenvalue weighted by Gasteiger charge is -2.25. The van der Waals surface area contributed by atoms with Crippen molar-refractivity contribution in [2.24, 2.45) is 0 Å². The Morgan fingerprint density at radius 1 is 1.30 bits per heavy atom. The minimum absolute atomic E-state index is 0.318. The Morgan fingerprint density at radius 2 is 1.70 bits per heavy atom. The van der Waals surface area contributed by atoms with E-state index in [4.69, 9.17) is 9.47 Å². The van der Waals surface area contributed by atoms with Crippen molar-refractivity contribution in [3.05, 3.63) is 0 Å². The summed E-state index contributed by atoms with van der Waals surface area (Å²) in [6.45, 7) is 7.50. The zero-order valence-electron chi connectivity index (χ0n) is 6.82. The normalized spacial score (nSPS) is 13.2. The molecule has 0 spiro atoms. The monoisotopic (exact) mass is 226 g/mol. The number of rotatable bonds is 5. The SMILES string of the molecule is CCOC(Br)(OCC)[SiH2]C. The smallest absolute Gasteiger partial charge is 0.198 e. The molecule has 0 N–H and O–H groups in total. The van der Waals surface area contributed by atoms with Gasteiger partial charge in [0.2, 0.25) is 0 Å². The van der Waals surface area contributed by atoms with Crippen LogP contribution in [0.5, 0.6) is 0 Å². The molecule has 0 heterocycles. The van der Waals surface area contributed by atoms with Crippen LogP contribution in [0.25, 0.3) is 0 Å². The van der Waals surface area contributed by atoms with Gasteiger partial charge in [-0.15, -0.1) is 0 Å². The molecule has 0 amide bonds. The van der Waals surface area contributed by atoms with Crippen LogP contribution in [0, 0.1) is 0 Å². The summed E-state index contributed by atoms with van der Waals surface area (Å²) < 4.78 is 10.3. The van der Waals surface area contributed by atoms with Crippen LogP contribution in [0.4, 0.5) is 0 Å². The number of ether oxygens (including phenoxy) is 2. The molecule has 0 saturated heterocycles. The molecule has 0 unspecified atom stereocenters. The second kappa shape index (κ2) is 5.29. The fraction of sp³-hybridized carbons (Fsp3) is 1.00.